The Morgan fingerprint density at radius 3 is 1.52 bits per heavy atom. The molecule has 6 heteroatoms. The van der Waals surface area contributed by atoms with Crippen LogP contribution in [0.15, 0.2) is 188 Å². The third-order valence-electron chi connectivity index (χ3n) is 11.0. The highest BCUT2D eigenvalue weighted by Crippen LogP contribution is 2.45. The number of fused-ring (bicyclic) bond motifs is 4. The Balaban J connectivity index is 1.00. The summed E-state index contributed by atoms with van der Waals surface area (Å²) in [6.45, 7) is 0. The van der Waals surface area contributed by atoms with Gasteiger partial charge in [0.25, 0.3) is 0 Å². The first-order valence-electron chi connectivity index (χ1n) is 19.0. The first-order valence-corrected chi connectivity index (χ1v) is 19.0. The first-order chi connectivity index (χ1) is 27.8. The molecule has 4 heterocycles. The normalized spacial score (nSPS) is 14.2. The second-order valence-corrected chi connectivity index (χ2v) is 14.2. The zero-order valence-electron chi connectivity index (χ0n) is 30.4. The second-order valence-electron chi connectivity index (χ2n) is 14.2. The molecule has 0 saturated heterocycles. The quantitative estimate of drug-likeness (QED) is 0.161. The van der Waals surface area contributed by atoms with Crippen LogP contribution in [0.2, 0.25) is 0 Å². The predicted molar refractivity (Wildman–Crippen MR) is 228 cm³/mol. The molecule has 56 heavy (non-hydrogen) atoms. The number of rotatable bonds is 6. The lowest BCUT2D eigenvalue weighted by Crippen LogP contribution is -2.05. The van der Waals surface area contributed by atoms with Gasteiger partial charge in [-0.2, -0.15) is 0 Å². The van der Waals surface area contributed by atoms with E-state index in [1.807, 2.05) is 48.8 Å². The van der Waals surface area contributed by atoms with E-state index in [9.17, 15) is 0 Å². The number of allylic oxidation sites excluding steroid dienone is 4. The SMILES string of the molecule is C1=CC(c2c3ccccc3c(-c3ccc(-c4nc5cccnc5n4-c4ccccc4)cc3)c3ccccc23)CC=C1c1nc2cccnc2n1-c1ccccc1. The fourth-order valence-corrected chi connectivity index (χ4v) is 8.51. The van der Waals surface area contributed by atoms with Crippen LogP contribution >= 0.6 is 0 Å². The third-order valence-corrected chi connectivity index (χ3v) is 11.0. The molecule has 0 radical (unpaired) electrons. The predicted octanol–water partition coefficient (Wildman–Crippen LogP) is 11.9. The number of para-hydroxylation sites is 2. The summed E-state index contributed by atoms with van der Waals surface area (Å²) in [5.74, 6) is 1.97. The van der Waals surface area contributed by atoms with Crippen molar-refractivity contribution in [1.82, 2.24) is 29.1 Å². The van der Waals surface area contributed by atoms with Crippen molar-refractivity contribution in [3.8, 4) is 33.9 Å². The third kappa shape index (κ3) is 5.18. The van der Waals surface area contributed by atoms with Gasteiger partial charge in [-0.15, -0.1) is 0 Å². The Kier molecular flexibility index (Phi) is 7.52. The van der Waals surface area contributed by atoms with Crippen LogP contribution in [0.25, 0.3) is 83.3 Å². The minimum Gasteiger partial charge on any atom is -0.277 e. The minimum atomic E-state index is 0.192. The molecule has 1 aliphatic carbocycles. The van der Waals surface area contributed by atoms with Crippen molar-refractivity contribution in [3.05, 3.63) is 200 Å². The van der Waals surface area contributed by atoms with Gasteiger partial charge in [0.2, 0.25) is 0 Å². The summed E-state index contributed by atoms with van der Waals surface area (Å²) in [4.78, 5) is 19.6. The fraction of sp³-hybridized carbons (Fsp3) is 0.0400. The summed E-state index contributed by atoms with van der Waals surface area (Å²) in [7, 11) is 0. The molecule has 1 atom stereocenters. The summed E-state index contributed by atoms with van der Waals surface area (Å²) in [5, 5.41) is 5.04. The van der Waals surface area contributed by atoms with E-state index in [1.54, 1.807) is 0 Å². The van der Waals surface area contributed by atoms with E-state index in [1.165, 1.54) is 38.2 Å². The van der Waals surface area contributed by atoms with Gasteiger partial charge in [0.15, 0.2) is 11.3 Å². The van der Waals surface area contributed by atoms with Crippen molar-refractivity contribution in [2.24, 2.45) is 0 Å². The Hall–Kier alpha value is -7.44. The smallest absolute Gasteiger partial charge is 0.164 e. The molecule has 6 aromatic carbocycles. The maximum atomic E-state index is 5.08. The Bertz CT molecular complexity index is 3100. The number of pyridine rings is 2. The number of benzene rings is 6. The van der Waals surface area contributed by atoms with Gasteiger partial charge in [0, 0.05) is 40.8 Å². The monoisotopic (exact) mass is 718 g/mol. The lowest BCUT2D eigenvalue weighted by atomic mass is 9.81. The molecule has 264 valence electrons. The Labute approximate surface area is 323 Å². The van der Waals surface area contributed by atoms with Crippen LogP contribution in [0.1, 0.15) is 23.7 Å². The summed E-state index contributed by atoms with van der Waals surface area (Å²) >= 11 is 0. The molecule has 0 spiro atoms. The molecular formula is C50H34N6. The second kappa shape index (κ2) is 13.1. The molecule has 0 aliphatic heterocycles. The average Bonchev–Trinajstić information content (AvgIpc) is 3.86. The van der Waals surface area contributed by atoms with Crippen molar-refractivity contribution in [1.29, 1.82) is 0 Å². The average molecular weight is 719 g/mol. The molecule has 0 saturated carbocycles. The maximum absolute atomic E-state index is 5.08. The minimum absolute atomic E-state index is 0.192. The van der Waals surface area contributed by atoms with Crippen molar-refractivity contribution in [2.75, 3.05) is 0 Å². The van der Waals surface area contributed by atoms with Crippen LogP contribution in [0.4, 0.5) is 0 Å². The van der Waals surface area contributed by atoms with Gasteiger partial charge in [-0.05, 0) is 93.2 Å². The molecule has 4 aromatic heterocycles. The van der Waals surface area contributed by atoms with Gasteiger partial charge >= 0.3 is 0 Å². The van der Waals surface area contributed by atoms with Crippen molar-refractivity contribution in [3.63, 3.8) is 0 Å². The summed E-state index contributed by atoms with van der Waals surface area (Å²) in [5.41, 5.74) is 11.4. The van der Waals surface area contributed by atoms with E-state index < -0.39 is 0 Å². The summed E-state index contributed by atoms with van der Waals surface area (Å²) < 4.78 is 4.32. The van der Waals surface area contributed by atoms with E-state index in [0.29, 0.717) is 0 Å². The van der Waals surface area contributed by atoms with Gasteiger partial charge < -0.3 is 0 Å². The van der Waals surface area contributed by atoms with Gasteiger partial charge in [-0.3, -0.25) is 9.13 Å². The van der Waals surface area contributed by atoms with Crippen LogP contribution in [-0.2, 0) is 0 Å². The van der Waals surface area contributed by atoms with Crippen molar-refractivity contribution in [2.45, 2.75) is 12.3 Å². The number of imidazole rings is 2. The van der Waals surface area contributed by atoms with Gasteiger partial charge in [0.05, 0.1) is 0 Å². The van der Waals surface area contributed by atoms with Crippen LogP contribution < -0.4 is 0 Å². The molecule has 0 bridgehead atoms. The molecule has 10 aromatic rings. The van der Waals surface area contributed by atoms with Gasteiger partial charge in [-0.25, -0.2) is 19.9 Å². The number of hydrogen-bond donors (Lipinski definition) is 0. The number of hydrogen-bond acceptors (Lipinski definition) is 4. The number of nitrogens with zero attached hydrogens (tertiary/aromatic N) is 6. The summed E-state index contributed by atoms with van der Waals surface area (Å²) in [6, 6.07) is 55.3. The largest absolute Gasteiger partial charge is 0.277 e. The van der Waals surface area contributed by atoms with Crippen molar-refractivity contribution >= 4 is 49.4 Å². The zero-order chi connectivity index (χ0) is 37.0. The first kappa shape index (κ1) is 32.0. The molecule has 11 rings (SSSR count). The molecule has 0 N–H and O–H groups in total. The van der Waals surface area contributed by atoms with Gasteiger partial charge in [0.1, 0.15) is 22.7 Å². The standard InChI is InChI=1S/C50H34N6/c1-3-13-37(14-4-1)55-47(53-43-21-11-31-51-49(43)55)35-27-23-33(24-28-35)45-39-17-7-9-19-41(39)46(42-20-10-8-18-40(42)45)34-25-29-36(30-26-34)48-54-44-22-12-32-52-50(44)56(48)38-15-5-2-6-16-38/h1-25,27-32,34H,26H2. The van der Waals surface area contributed by atoms with Crippen LogP contribution in [0, 0.1) is 0 Å². The van der Waals surface area contributed by atoms with E-state index in [-0.39, 0.29) is 5.92 Å². The fourth-order valence-electron chi connectivity index (χ4n) is 8.51. The number of aromatic nitrogens is 6. The summed E-state index contributed by atoms with van der Waals surface area (Å²) in [6.07, 6.45) is 11.5. The zero-order valence-corrected chi connectivity index (χ0v) is 30.4. The Morgan fingerprint density at radius 1 is 0.464 bits per heavy atom. The van der Waals surface area contributed by atoms with Crippen LogP contribution in [0.3, 0.4) is 0 Å². The van der Waals surface area contributed by atoms with Crippen LogP contribution in [0.5, 0.6) is 0 Å². The highest BCUT2D eigenvalue weighted by Gasteiger charge is 2.24. The lowest BCUT2D eigenvalue weighted by Gasteiger charge is -2.23. The topological polar surface area (TPSA) is 61.4 Å². The highest BCUT2D eigenvalue weighted by atomic mass is 15.1. The molecular weight excluding hydrogens is 685 g/mol. The maximum Gasteiger partial charge on any atom is 0.164 e. The molecule has 1 aliphatic rings. The lowest BCUT2D eigenvalue weighted by molar-refractivity contribution is 0.869. The van der Waals surface area contributed by atoms with E-state index in [4.69, 9.17) is 19.9 Å². The van der Waals surface area contributed by atoms with E-state index in [0.717, 1.165) is 62.9 Å². The molecule has 0 amide bonds. The van der Waals surface area contributed by atoms with Crippen LogP contribution in [-0.4, -0.2) is 29.1 Å². The highest BCUT2D eigenvalue weighted by molar-refractivity contribution is 6.15. The molecule has 1 unspecified atom stereocenters. The molecule has 0 fully saturated rings. The van der Waals surface area contributed by atoms with Crippen molar-refractivity contribution < 1.29 is 0 Å². The molecule has 6 nitrogen and oxygen atoms in total. The Morgan fingerprint density at radius 2 is 0.964 bits per heavy atom. The van der Waals surface area contributed by atoms with E-state index >= 15 is 0 Å². The van der Waals surface area contributed by atoms with Gasteiger partial charge in [-0.1, -0.05) is 127 Å². The van der Waals surface area contributed by atoms with E-state index in [2.05, 4.69) is 149 Å².